The molecule has 0 aromatic heterocycles. The molecule has 0 aliphatic heterocycles. The Morgan fingerprint density at radius 1 is 1.15 bits per heavy atom. The summed E-state index contributed by atoms with van der Waals surface area (Å²) in [6.07, 6.45) is 11.8. The van der Waals surface area contributed by atoms with Crippen LogP contribution >= 0.6 is 0 Å². The third-order valence-electron chi connectivity index (χ3n) is 4.75. The van der Waals surface area contributed by atoms with Crippen LogP contribution in [0.25, 0.3) is 0 Å². The fourth-order valence-electron chi connectivity index (χ4n) is 3.55. The number of unbranched alkanes of at least 4 members (excludes halogenated alkanes) is 5. The van der Waals surface area contributed by atoms with Crippen molar-refractivity contribution in [2.24, 2.45) is 5.84 Å². The van der Waals surface area contributed by atoms with E-state index in [0.717, 1.165) is 0 Å². The zero-order valence-electron chi connectivity index (χ0n) is 12.9. The van der Waals surface area contributed by atoms with Crippen molar-refractivity contribution in [3.63, 3.8) is 0 Å². The summed E-state index contributed by atoms with van der Waals surface area (Å²) in [6.45, 7) is 2.27. The van der Waals surface area contributed by atoms with E-state index < -0.39 is 0 Å². The van der Waals surface area contributed by atoms with Crippen LogP contribution in [-0.4, -0.2) is 6.04 Å². The van der Waals surface area contributed by atoms with Crippen LogP contribution in [0.5, 0.6) is 0 Å². The molecule has 0 fully saturated rings. The van der Waals surface area contributed by atoms with Crippen molar-refractivity contribution in [3.05, 3.63) is 35.4 Å². The van der Waals surface area contributed by atoms with E-state index in [9.17, 15) is 0 Å². The molecule has 112 valence electrons. The van der Waals surface area contributed by atoms with E-state index in [1.165, 1.54) is 68.9 Å². The normalized spacial score (nSPS) is 19.0. The Kier molecular flexibility index (Phi) is 6.55. The lowest BCUT2D eigenvalue weighted by molar-refractivity contribution is 0.395. The highest BCUT2D eigenvalue weighted by Crippen LogP contribution is 2.36. The number of hydrazine groups is 1. The fraction of sp³-hybridized carbons (Fsp3) is 0.667. The Hall–Kier alpha value is -0.860. The predicted molar refractivity (Wildman–Crippen MR) is 86.6 cm³/mol. The van der Waals surface area contributed by atoms with Gasteiger partial charge in [-0.2, -0.15) is 0 Å². The summed E-state index contributed by atoms with van der Waals surface area (Å²) < 4.78 is 0. The fourth-order valence-corrected chi connectivity index (χ4v) is 3.55. The number of hydrogen-bond acceptors (Lipinski definition) is 2. The van der Waals surface area contributed by atoms with Gasteiger partial charge in [-0.15, -0.1) is 0 Å². The average molecular weight is 274 g/mol. The maximum atomic E-state index is 5.82. The number of benzene rings is 1. The van der Waals surface area contributed by atoms with Gasteiger partial charge in [0.25, 0.3) is 0 Å². The molecule has 0 saturated heterocycles. The van der Waals surface area contributed by atoms with Gasteiger partial charge in [0, 0.05) is 12.0 Å². The minimum atomic E-state index is 0.449. The first-order valence-electron chi connectivity index (χ1n) is 8.40. The largest absolute Gasteiger partial charge is 0.271 e. The van der Waals surface area contributed by atoms with E-state index in [0.29, 0.717) is 12.0 Å². The molecular formula is C18H30N2. The molecule has 0 saturated carbocycles. The van der Waals surface area contributed by atoms with Crippen LogP contribution in [-0.2, 0) is 6.42 Å². The maximum absolute atomic E-state index is 5.82. The average Bonchev–Trinajstić information content (AvgIpc) is 2.91. The van der Waals surface area contributed by atoms with E-state index in [2.05, 4.69) is 36.6 Å². The molecule has 0 amide bonds. The Bertz CT molecular complexity index is 389. The molecule has 1 aromatic rings. The topological polar surface area (TPSA) is 38.0 Å². The molecule has 0 spiro atoms. The third-order valence-corrected chi connectivity index (χ3v) is 4.75. The summed E-state index contributed by atoms with van der Waals surface area (Å²) in [5.41, 5.74) is 6.14. The smallest absolute Gasteiger partial charge is 0.0279 e. The van der Waals surface area contributed by atoms with Crippen molar-refractivity contribution in [1.29, 1.82) is 0 Å². The number of aryl methyl sites for hydroxylation is 1. The molecule has 20 heavy (non-hydrogen) atoms. The molecule has 3 N–H and O–H groups in total. The second-order valence-electron chi connectivity index (χ2n) is 6.17. The minimum Gasteiger partial charge on any atom is -0.271 e. The lowest BCUT2D eigenvalue weighted by atomic mass is 9.90. The number of nitrogens with two attached hydrogens (primary N) is 1. The first-order valence-corrected chi connectivity index (χ1v) is 8.40. The third kappa shape index (κ3) is 4.07. The first kappa shape index (κ1) is 15.5. The molecule has 2 atom stereocenters. The molecule has 0 bridgehead atoms. The van der Waals surface area contributed by atoms with Gasteiger partial charge in [0.2, 0.25) is 0 Å². The molecule has 2 unspecified atom stereocenters. The molecule has 1 aliphatic carbocycles. The molecular weight excluding hydrogens is 244 g/mol. The molecule has 0 heterocycles. The van der Waals surface area contributed by atoms with Crippen molar-refractivity contribution in [2.75, 3.05) is 0 Å². The zero-order valence-corrected chi connectivity index (χ0v) is 12.9. The second-order valence-corrected chi connectivity index (χ2v) is 6.17. The standard InChI is InChI=1S/C18H30N2/c1-2-3-4-5-6-7-12-18(20-19)17-14-13-15-10-8-9-11-16(15)17/h8-11,17-18,20H,2-7,12-14,19H2,1H3. The lowest BCUT2D eigenvalue weighted by Gasteiger charge is -2.23. The maximum Gasteiger partial charge on any atom is 0.0279 e. The number of hydrogen-bond donors (Lipinski definition) is 2. The highest BCUT2D eigenvalue weighted by Gasteiger charge is 2.28. The Morgan fingerprint density at radius 2 is 1.90 bits per heavy atom. The quantitative estimate of drug-likeness (QED) is 0.400. The summed E-state index contributed by atoms with van der Waals surface area (Å²) in [6, 6.07) is 9.33. The van der Waals surface area contributed by atoms with Crippen LogP contribution in [0, 0.1) is 0 Å². The van der Waals surface area contributed by atoms with E-state index in [-0.39, 0.29) is 0 Å². The molecule has 2 rings (SSSR count). The van der Waals surface area contributed by atoms with E-state index in [1.807, 2.05) is 0 Å². The van der Waals surface area contributed by atoms with Gasteiger partial charge in [0.05, 0.1) is 0 Å². The lowest BCUT2D eigenvalue weighted by Crippen LogP contribution is -2.39. The highest BCUT2D eigenvalue weighted by molar-refractivity contribution is 5.35. The van der Waals surface area contributed by atoms with Crippen molar-refractivity contribution in [1.82, 2.24) is 5.43 Å². The van der Waals surface area contributed by atoms with Gasteiger partial charge in [-0.25, -0.2) is 0 Å². The summed E-state index contributed by atoms with van der Waals surface area (Å²) in [7, 11) is 0. The van der Waals surface area contributed by atoms with Crippen molar-refractivity contribution in [3.8, 4) is 0 Å². The molecule has 0 radical (unpaired) electrons. The summed E-state index contributed by atoms with van der Waals surface area (Å²) in [4.78, 5) is 0. The van der Waals surface area contributed by atoms with Gasteiger partial charge in [0.15, 0.2) is 0 Å². The van der Waals surface area contributed by atoms with Crippen LogP contribution < -0.4 is 11.3 Å². The predicted octanol–water partition coefficient (Wildman–Crippen LogP) is 4.30. The van der Waals surface area contributed by atoms with E-state index >= 15 is 0 Å². The Labute approximate surface area is 124 Å². The second kappa shape index (κ2) is 8.43. The molecule has 1 aliphatic rings. The molecule has 1 aromatic carbocycles. The van der Waals surface area contributed by atoms with Gasteiger partial charge in [-0.3, -0.25) is 11.3 Å². The SMILES string of the molecule is CCCCCCCCC(NN)C1CCc2ccccc21. The monoisotopic (exact) mass is 274 g/mol. The van der Waals surface area contributed by atoms with Crippen molar-refractivity contribution >= 4 is 0 Å². The van der Waals surface area contributed by atoms with Crippen LogP contribution in [0.1, 0.15) is 75.3 Å². The Morgan fingerprint density at radius 3 is 2.70 bits per heavy atom. The number of nitrogens with one attached hydrogen (secondary N) is 1. The van der Waals surface area contributed by atoms with Gasteiger partial charge in [0.1, 0.15) is 0 Å². The summed E-state index contributed by atoms with van der Waals surface area (Å²) >= 11 is 0. The summed E-state index contributed by atoms with van der Waals surface area (Å²) in [5.74, 6) is 6.44. The first-order chi connectivity index (χ1) is 9.86. The van der Waals surface area contributed by atoms with Crippen LogP contribution in [0.3, 0.4) is 0 Å². The van der Waals surface area contributed by atoms with Gasteiger partial charge < -0.3 is 0 Å². The molecule has 2 heteroatoms. The van der Waals surface area contributed by atoms with Crippen LogP contribution in [0.2, 0.25) is 0 Å². The minimum absolute atomic E-state index is 0.449. The number of fused-ring (bicyclic) bond motifs is 1. The van der Waals surface area contributed by atoms with Crippen molar-refractivity contribution in [2.45, 2.75) is 76.7 Å². The zero-order chi connectivity index (χ0) is 14.2. The van der Waals surface area contributed by atoms with Crippen LogP contribution in [0.4, 0.5) is 0 Å². The van der Waals surface area contributed by atoms with E-state index in [1.54, 1.807) is 0 Å². The van der Waals surface area contributed by atoms with E-state index in [4.69, 9.17) is 5.84 Å². The van der Waals surface area contributed by atoms with Crippen LogP contribution in [0.15, 0.2) is 24.3 Å². The molecule has 2 nitrogen and oxygen atoms in total. The summed E-state index contributed by atoms with van der Waals surface area (Å²) in [5, 5.41) is 0. The number of rotatable bonds is 9. The Balaban J connectivity index is 1.78. The van der Waals surface area contributed by atoms with Gasteiger partial charge in [-0.05, 0) is 30.4 Å². The highest BCUT2D eigenvalue weighted by atomic mass is 15.2. The van der Waals surface area contributed by atoms with Crippen molar-refractivity contribution < 1.29 is 0 Å². The van der Waals surface area contributed by atoms with Gasteiger partial charge >= 0.3 is 0 Å². The van der Waals surface area contributed by atoms with Gasteiger partial charge in [-0.1, -0.05) is 69.7 Å².